The van der Waals surface area contributed by atoms with Crippen molar-refractivity contribution in [3.05, 3.63) is 57.0 Å². The fourth-order valence-electron chi connectivity index (χ4n) is 2.10. The molecule has 0 atom stereocenters. The van der Waals surface area contributed by atoms with E-state index in [1.807, 2.05) is 0 Å². The van der Waals surface area contributed by atoms with E-state index < -0.39 is 6.61 Å². The Morgan fingerprint density at radius 2 is 1.45 bits per heavy atom. The SMILES string of the molecule is FC(F)Oc1ccc(OCCCOc2c(Cl)cc(OCC=C(Cl)Cl)cc2Cl)cc1. The Hall–Kier alpha value is -1.60. The second-order valence-electron chi connectivity index (χ2n) is 5.42. The zero-order valence-electron chi connectivity index (χ0n) is 14.8. The summed E-state index contributed by atoms with van der Waals surface area (Å²) >= 11 is 23.4. The van der Waals surface area contributed by atoms with Crippen molar-refractivity contribution in [2.45, 2.75) is 13.0 Å². The van der Waals surface area contributed by atoms with Crippen LogP contribution >= 0.6 is 46.4 Å². The van der Waals surface area contributed by atoms with Crippen molar-refractivity contribution in [1.82, 2.24) is 0 Å². The van der Waals surface area contributed by atoms with Gasteiger partial charge in [-0.15, -0.1) is 0 Å². The first-order chi connectivity index (χ1) is 13.8. The highest BCUT2D eigenvalue weighted by Crippen LogP contribution is 2.37. The molecule has 0 aliphatic heterocycles. The second kappa shape index (κ2) is 12.2. The normalized spacial score (nSPS) is 10.6. The number of halogens is 6. The van der Waals surface area contributed by atoms with Gasteiger partial charge in [0, 0.05) is 18.6 Å². The Kier molecular flexibility index (Phi) is 9.94. The summed E-state index contributed by atoms with van der Waals surface area (Å²) in [4.78, 5) is 0. The molecule has 0 spiro atoms. The van der Waals surface area contributed by atoms with Gasteiger partial charge in [0.25, 0.3) is 0 Å². The number of rotatable bonds is 11. The molecule has 2 aromatic carbocycles. The van der Waals surface area contributed by atoms with Crippen LogP contribution in [0.4, 0.5) is 8.78 Å². The Morgan fingerprint density at radius 1 is 0.862 bits per heavy atom. The molecule has 158 valence electrons. The molecule has 0 aliphatic carbocycles. The lowest BCUT2D eigenvalue weighted by Gasteiger charge is -2.12. The molecule has 2 aromatic rings. The van der Waals surface area contributed by atoms with E-state index in [9.17, 15) is 8.78 Å². The highest BCUT2D eigenvalue weighted by Gasteiger charge is 2.11. The van der Waals surface area contributed by atoms with E-state index >= 15 is 0 Å². The molecule has 0 saturated heterocycles. The monoisotopic (exact) mass is 486 g/mol. The molecule has 0 saturated carbocycles. The van der Waals surface area contributed by atoms with Crippen molar-refractivity contribution in [2.75, 3.05) is 19.8 Å². The lowest BCUT2D eigenvalue weighted by atomic mass is 10.3. The Balaban J connectivity index is 1.76. The van der Waals surface area contributed by atoms with Crippen LogP contribution in [0, 0.1) is 0 Å². The first-order valence-electron chi connectivity index (χ1n) is 8.28. The molecule has 0 bridgehead atoms. The smallest absolute Gasteiger partial charge is 0.387 e. The molecule has 2 rings (SSSR count). The fourth-order valence-corrected chi connectivity index (χ4v) is 2.80. The van der Waals surface area contributed by atoms with Crippen molar-refractivity contribution < 1.29 is 27.7 Å². The molecule has 0 unspecified atom stereocenters. The van der Waals surface area contributed by atoms with Gasteiger partial charge in [-0.1, -0.05) is 46.4 Å². The first kappa shape index (κ1) is 23.7. The molecular weight excluding hydrogens is 472 g/mol. The van der Waals surface area contributed by atoms with Crippen LogP contribution in [-0.2, 0) is 0 Å². The maximum absolute atomic E-state index is 12.1. The van der Waals surface area contributed by atoms with Gasteiger partial charge in [-0.2, -0.15) is 8.78 Å². The third kappa shape index (κ3) is 8.74. The van der Waals surface area contributed by atoms with Gasteiger partial charge in [-0.25, -0.2) is 0 Å². The highest BCUT2D eigenvalue weighted by atomic mass is 35.5. The van der Waals surface area contributed by atoms with E-state index in [1.54, 1.807) is 12.1 Å². The molecule has 0 aliphatic rings. The quantitative estimate of drug-likeness (QED) is 0.315. The van der Waals surface area contributed by atoms with Gasteiger partial charge in [0.05, 0.1) is 23.3 Å². The van der Waals surface area contributed by atoms with Gasteiger partial charge < -0.3 is 18.9 Å². The zero-order chi connectivity index (χ0) is 21.2. The van der Waals surface area contributed by atoms with Gasteiger partial charge in [-0.3, -0.25) is 0 Å². The van der Waals surface area contributed by atoms with Crippen LogP contribution in [-0.4, -0.2) is 26.4 Å². The minimum atomic E-state index is -2.86. The van der Waals surface area contributed by atoms with Crippen molar-refractivity contribution in [3.8, 4) is 23.0 Å². The molecule has 10 heteroatoms. The molecule has 29 heavy (non-hydrogen) atoms. The lowest BCUT2D eigenvalue weighted by Crippen LogP contribution is -2.06. The third-order valence-corrected chi connectivity index (χ3v) is 4.18. The summed E-state index contributed by atoms with van der Waals surface area (Å²) in [6.45, 7) is -2.05. The van der Waals surface area contributed by atoms with E-state index in [2.05, 4.69) is 4.74 Å². The van der Waals surface area contributed by atoms with Crippen LogP contribution in [0.3, 0.4) is 0 Å². The maximum atomic E-state index is 12.1. The van der Waals surface area contributed by atoms with Crippen LogP contribution in [0.5, 0.6) is 23.0 Å². The largest absolute Gasteiger partial charge is 0.493 e. The van der Waals surface area contributed by atoms with E-state index in [0.29, 0.717) is 46.9 Å². The Bertz CT molecular complexity index is 789. The van der Waals surface area contributed by atoms with Crippen LogP contribution in [0.2, 0.25) is 10.0 Å². The molecule has 4 nitrogen and oxygen atoms in total. The fraction of sp³-hybridized carbons (Fsp3) is 0.263. The van der Waals surface area contributed by atoms with E-state index in [1.165, 1.54) is 30.3 Å². The van der Waals surface area contributed by atoms with Gasteiger partial charge in [-0.05, 0) is 30.3 Å². The topological polar surface area (TPSA) is 36.9 Å². The van der Waals surface area contributed by atoms with E-state index in [-0.39, 0.29) is 16.8 Å². The van der Waals surface area contributed by atoms with E-state index in [4.69, 9.17) is 60.6 Å². The van der Waals surface area contributed by atoms with Crippen LogP contribution in [0.1, 0.15) is 6.42 Å². The van der Waals surface area contributed by atoms with Gasteiger partial charge in [0.2, 0.25) is 0 Å². The molecule has 0 aromatic heterocycles. The van der Waals surface area contributed by atoms with Crippen LogP contribution in [0.15, 0.2) is 47.0 Å². The van der Waals surface area contributed by atoms with Gasteiger partial charge in [0.15, 0.2) is 5.75 Å². The molecule has 0 radical (unpaired) electrons. The van der Waals surface area contributed by atoms with Crippen molar-refractivity contribution in [1.29, 1.82) is 0 Å². The predicted molar refractivity (Wildman–Crippen MR) is 110 cm³/mol. The standard InChI is InChI=1S/C19H16Cl4F2O4/c20-15-10-14(27-9-6-17(22)23)11-16(21)18(15)28-8-1-7-26-12-2-4-13(5-3-12)29-19(24)25/h2-6,10-11,19H,1,7-9H2. The van der Waals surface area contributed by atoms with Crippen molar-refractivity contribution in [3.63, 3.8) is 0 Å². The summed E-state index contributed by atoms with van der Waals surface area (Å²) in [7, 11) is 0. The number of ether oxygens (including phenoxy) is 4. The molecular formula is C19H16Cl4F2O4. The summed E-state index contributed by atoms with van der Waals surface area (Å²) in [6.07, 6.45) is 2.02. The lowest BCUT2D eigenvalue weighted by molar-refractivity contribution is -0.0498. The Morgan fingerprint density at radius 3 is 2.03 bits per heavy atom. The average Bonchev–Trinajstić information content (AvgIpc) is 2.64. The third-order valence-electron chi connectivity index (χ3n) is 3.31. The van der Waals surface area contributed by atoms with Gasteiger partial charge in [0.1, 0.15) is 28.3 Å². The number of alkyl halides is 2. The van der Waals surface area contributed by atoms with Crippen LogP contribution in [0.25, 0.3) is 0 Å². The number of benzene rings is 2. The van der Waals surface area contributed by atoms with E-state index in [0.717, 1.165) is 0 Å². The Labute approximate surface area is 186 Å². The first-order valence-corrected chi connectivity index (χ1v) is 9.80. The molecule has 0 N–H and O–H groups in total. The van der Waals surface area contributed by atoms with Crippen molar-refractivity contribution >= 4 is 46.4 Å². The molecule has 0 amide bonds. The van der Waals surface area contributed by atoms with Crippen LogP contribution < -0.4 is 18.9 Å². The summed E-state index contributed by atoms with van der Waals surface area (Å²) in [6, 6.07) is 9.02. The minimum absolute atomic E-state index is 0.0640. The summed E-state index contributed by atoms with van der Waals surface area (Å²) in [5.74, 6) is 1.37. The maximum Gasteiger partial charge on any atom is 0.387 e. The second-order valence-corrected chi connectivity index (χ2v) is 7.24. The number of hydrogen-bond acceptors (Lipinski definition) is 4. The number of hydrogen-bond donors (Lipinski definition) is 0. The summed E-state index contributed by atoms with van der Waals surface area (Å²) in [5, 5.41) is 0.591. The molecule has 0 fully saturated rings. The highest BCUT2D eigenvalue weighted by molar-refractivity contribution is 6.55. The predicted octanol–water partition coefficient (Wildman–Crippen LogP) is 7.14. The average molecular weight is 488 g/mol. The summed E-state index contributed by atoms with van der Waals surface area (Å²) in [5.41, 5.74) is 0. The molecule has 0 heterocycles. The zero-order valence-corrected chi connectivity index (χ0v) is 17.9. The minimum Gasteiger partial charge on any atom is -0.493 e. The summed E-state index contributed by atoms with van der Waals surface area (Å²) < 4.78 is 45.1. The van der Waals surface area contributed by atoms with Gasteiger partial charge >= 0.3 is 6.61 Å². The van der Waals surface area contributed by atoms with Crippen molar-refractivity contribution in [2.24, 2.45) is 0 Å².